The van der Waals surface area contributed by atoms with Gasteiger partial charge in [-0.1, -0.05) is 34.6 Å². The highest BCUT2D eigenvalue weighted by Crippen LogP contribution is 2.19. The molecule has 6 amide bonds. The molecule has 0 aliphatic carbocycles. The number of Topliss-reactive ketones (excluding diaryl/α,β-unsaturated/α-hetero) is 1. The zero-order chi connectivity index (χ0) is 24.6. The van der Waals surface area contributed by atoms with Crippen LogP contribution in [0, 0.1) is 11.3 Å². The summed E-state index contributed by atoms with van der Waals surface area (Å²) in [6, 6.07) is -2.50. The summed E-state index contributed by atoms with van der Waals surface area (Å²) in [4.78, 5) is 73.0. The van der Waals surface area contributed by atoms with Crippen molar-refractivity contribution in [1.82, 2.24) is 20.9 Å². The van der Waals surface area contributed by atoms with E-state index in [9.17, 15) is 28.8 Å². The summed E-state index contributed by atoms with van der Waals surface area (Å²) in [5.74, 6) is -2.96. The van der Waals surface area contributed by atoms with Crippen molar-refractivity contribution in [2.45, 2.75) is 59.5 Å². The van der Waals surface area contributed by atoms with Gasteiger partial charge in [-0.3, -0.25) is 28.9 Å². The summed E-state index contributed by atoms with van der Waals surface area (Å²) < 4.78 is 0. The van der Waals surface area contributed by atoms with Gasteiger partial charge in [-0.15, -0.1) is 0 Å². The smallest absolute Gasteiger partial charge is 0.312 e. The number of rotatable bonds is 11. The van der Waals surface area contributed by atoms with Crippen LogP contribution in [-0.4, -0.2) is 65.5 Å². The van der Waals surface area contributed by atoms with Gasteiger partial charge in [0.25, 0.3) is 11.8 Å². The molecule has 1 aliphatic heterocycles. The minimum Gasteiger partial charge on any atom is -0.352 e. The number of urea groups is 1. The van der Waals surface area contributed by atoms with Gasteiger partial charge in [-0.2, -0.15) is 0 Å². The van der Waals surface area contributed by atoms with E-state index in [4.69, 9.17) is 5.73 Å². The second kappa shape index (κ2) is 11.4. The Bertz CT molecular complexity index is 781. The van der Waals surface area contributed by atoms with Crippen molar-refractivity contribution in [3.8, 4) is 0 Å². The number of amides is 6. The largest absolute Gasteiger partial charge is 0.352 e. The Hall–Kier alpha value is -3.24. The van der Waals surface area contributed by atoms with Gasteiger partial charge in [-0.05, 0) is 18.8 Å². The Morgan fingerprint density at radius 1 is 1.03 bits per heavy atom. The van der Waals surface area contributed by atoms with Crippen molar-refractivity contribution in [3.63, 3.8) is 0 Å². The zero-order valence-corrected chi connectivity index (χ0v) is 19.2. The molecule has 0 radical (unpaired) electrons. The molecule has 0 saturated heterocycles. The molecule has 5 N–H and O–H groups in total. The van der Waals surface area contributed by atoms with Crippen LogP contribution in [-0.2, 0) is 24.0 Å². The molecule has 0 saturated carbocycles. The van der Waals surface area contributed by atoms with E-state index in [-0.39, 0.29) is 24.7 Å². The molecule has 0 aromatic heterocycles. The van der Waals surface area contributed by atoms with Crippen LogP contribution in [0.1, 0.15) is 47.5 Å². The maximum Gasteiger partial charge on any atom is 0.312 e. The average molecular weight is 452 g/mol. The number of primary amides is 1. The molecule has 1 rings (SSSR count). The van der Waals surface area contributed by atoms with E-state index < -0.39 is 53.7 Å². The monoisotopic (exact) mass is 451 g/mol. The first-order valence-corrected chi connectivity index (χ1v) is 10.4. The van der Waals surface area contributed by atoms with Crippen LogP contribution < -0.4 is 21.7 Å². The molecule has 1 aliphatic rings. The number of nitrogens with two attached hydrogens (primary N) is 1. The third-order valence-electron chi connectivity index (χ3n) is 4.81. The van der Waals surface area contributed by atoms with Crippen LogP contribution in [0.5, 0.6) is 0 Å². The number of carbonyl (C=O) groups excluding carboxylic acids is 6. The molecule has 0 aromatic rings. The van der Waals surface area contributed by atoms with Gasteiger partial charge in [0.15, 0.2) is 5.78 Å². The lowest BCUT2D eigenvalue weighted by atomic mass is 9.84. The second-order valence-electron chi connectivity index (χ2n) is 8.99. The predicted octanol–water partition coefficient (Wildman–Crippen LogP) is -0.399. The summed E-state index contributed by atoms with van der Waals surface area (Å²) in [7, 11) is 0. The second-order valence-corrected chi connectivity index (χ2v) is 8.99. The van der Waals surface area contributed by atoms with Crippen molar-refractivity contribution in [2.75, 3.05) is 13.1 Å². The number of carbonyl (C=O) groups is 6. The molecule has 0 bridgehead atoms. The SMILES string of the molecule is CC(C)[C@@H](NC(=O)CN1C(=O)C=CC1=O)C(=O)N[C@H](CCCNC(N)=O)C(=O)C(C)(C)C. The van der Waals surface area contributed by atoms with Crippen LogP contribution in [0.15, 0.2) is 12.2 Å². The molecule has 0 spiro atoms. The van der Waals surface area contributed by atoms with E-state index in [1.54, 1.807) is 34.6 Å². The maximum atomic E-state index is 12.9. The number of ketones is 1. The van der Waals surface area contributed by atoms with Gasteiger partial charge in [0.1, 0.15) is 12.6 Å². The highest BCUT2D eigenvalue weighted by molar-refractivity contribution is 6.14. The van der Waals surface area contributed by atoms with Gasteiger partial charge in [0.05, 0.1) is 6.04 Å². The van der Waals surface area contributed by atoms with Crippen LogP contribution in [0.25, 0.3) is 0 Å². The molecule has 178 valence electrons. The van der Waals surface area contributed by atoms with Crippen molar-refractivity contribution >= 4 is 35.4 Å². The predicted molar refractivity (Wildman–Crippen MR) is 116 cm³/mol. The molecular formula is C21H33N5O6. The lowest BCUT2D eigenvalue weighted by molar-refractivity contribution is -0.141. The normalized spacial score (nSPS) is 15.5. The molecule has 0 fully saturated rings. The minimum absolute atomic E-state index is 0.196. The molecule has 11 nitrogen and oxygen atoms in total. The molecule has 1 heterocycles. The lowest BCUT2D eigenvalue weighted by Gasteiger charge is -2.29. The Morgan fingerprint density at radius 3 is 2.06 bits per heavy atom. The maximum absolute atomic E-state index is 12.9. The van der Waals surface area contributed by atoms with Crippen molar-refractivity contribution in [1.29, 1.82) is 0 Å². The summed E-state index contributed by atoms with van der Waals surface area (Å²) in [5, 5.41) is 7.68. The van der Waals surface area contributed by atoms with E-state index in [0.717, 1.165) is 17.1 Å². The Morgan fingerprint density at radius 2 is 1.59 bits per heavy atom. The molecule has 0 aromatic carbocycles. The van der Waals surface area contributed by atoms with Gasteiger partial charge < -0.3 is 21.7 Å². The summed E-state index contributed by atoms with van der Waals surface area (Å²) in [5.41, 5.74) is 4.31. The molecule has 11 heteroatoms. The van der Waals surface area contributed by atoms with Crippen molar-refractivity contribution in [2.24, 2.45) is 17.1 Å². The summed E-state index contributed by atoms with van der Waals surface area (Å²) >= 11 is 0. The lowest BCUT2D eigenvalue weighted by Crippen LogP contribution is -2.56. The molecule has 2 atom stereocenters. The summed E-state index contributed by atoms with van der Waals surface area (Å²) in [6.45, 7) is 8.37. The number of nitrogens with zero attached hydrogens (tertiary/aromatic N) is 1. The van der Waals surface area contributed by atoms with Crippen LogP contribution in [0.2, 0.25) is 0 Å². The fraction of sp³-hybridized carbons (Fsp3) is 0.619. The summed E-state index contributed by atoms with van der Waals surface area (Å²) in [6.07, 6.45) is 2.81. The van der Waals surface area contributed by atoms with Crippen molar-refractivity contribution < 1.29 is 28.8 Å². The van der Waals surface area contributed by atoms with Gasteiger partial charge in [0, 0.05) is 24.1 Å². The van der Waals surface area contributed by atoms with Crippen LogP contribution >= 0.6 is 0 Å². The Balaban J connectivity index is 2.84. The van der Waals surface area contributed by atoms with E-state index in [0.29, 0.717) is 6.42 Å². The quantitative estimate of drug-likeness (QED) is 0.246. The fourth-order valence-electron chi connectivity index (χ4n) is 3.06. The average Bonchev–Trinajstić information content (AvgIpc) is 2.98. The fourth-order valence-corrected chi connectivity index (χ4v) is 3.06. The van der Waals surface area contributed by atoms with E-state index >= 15 is 0 Å². The third-order valence-corrected chi connectivity index (χ3v) is 4.81. The molecule has 0 unspecified atom stereocenters. The first-order valence-electron chi connectivity index (χ1n) is 10.4. The van der Waals surface area contributed by atoms with Gasteiger partial charge in [0.2, 0.25) is 11.8 Å². The Kier molecular flexibility index (Phi) is 9.54. The van der Waals surface area contributed by atoms with E-state index in [1.165, 1.54) is 0 Å². The number of nitrogens with one attached hydrogen (secondary N) is 3. The highest BCUT2D eigenvalue weighted by atomic mass is 16.2. The van der Waals surface area contributed by atoms with Crippen LogP contribution in [0.3, 0.4) is 0 Å². The number of imide groups is 1. The van der Waals surface area contributed by atoms with Crippen LogP contribution in [0.4, 0.5) is 4.79 Å². The topological polar surface area (TPSA) is 168 Å². The minimum atomic E-state index is -0.984. The zero-order valence-electron chi connectivity index (χ0n) is 19.2. The molecule has 32 heavy (non-hydrogen) atoms. The third kappa shape index (κ3) is 8.12. The number of hydrogen-bond donors (Lipinski definition) is 4. The first kappa shape index (κ1) is 26.8. The highest BCUT2D eigenvalue weighted by Gasteiger charge is 2.34. The Labute approximate surface area is 187 Å². The first-order chi connectivity index (χ1) is 14.7. The van der Waals surface area contributed by atoms with Gasteiger partial charge in [-0.25, -0.2) is 4.79 Å². The molecular weight excluding hydrogens is 418 g/mol. The van der Waals surface area contributed by atoms with Gasteiger partial charge >= 0.3 is 6.03 Å². The standard InChI is InChI=1S/C21H33N5O6/c1-12(2)17(25-14(27)11-26-15(28)8-9-16(26)29)19(31)24-13(18(30)21(3,4)5)7-6-10-23-20(22)32/h8-9,12-13,17H,6-7,10-11H2,1-5H3,(H,24,31)(H,25,27)(H3,22,23,32)/t13-,17-/m1/s1. The number of hydrogen-bond acceptors (Lipinski definition) is 6. The van der Waals surface area contributed by atoms with E-state index in [2.05, 4.69) is 16.0 Å². The van der Waals surface area contributed by atoms with E-state index in [1.807, 2.05) is 0 Å². The van der Waals surface area contributed by atoms with Crippen molar-refractivity contribution in [3.05, 3.63) is 12.2 Å².